The summed E-state index contributed by atoms with van der Waals surface area (Å²) in [5.41, 5.74) is -3.94. The zero-order valence-corrected chi connectivity index (χ0v) is 25.5. The minimum atomic E-state index is -7.03. The van der Waals surface area contributed by atoms with E-state index in [0.29, 0.717) is 9.13 Å². The summed E-state index contributed by atoms with van der Waals surface area (Å²) >= 11 is 0. The maximum absolute atomic E-state index is 14.8. The van der Waals surface area contributed by atoms with Gasteiger partial charge in [0.15, 0.2) is 12.5 Å². The molecule has 0 bridgehead atoms. The highest BCUT2D eigenvalue weighted by Gasteiger charge is 2.68. The summed E-state index contributed by atoms with van der Waals surface area (Å²) in [6, 6.07) is 1.66. The molecule has 0 spiro atoms. The Labute approximate surface area is 256 Å². The molecule has 2 fully saturated rings. The molecule has 3 unspecified atom stereocenters. The number of phosphoric acid groups is 1. The molecular formula is C19H25F2N4O19P3. The topological polar surface area (TPSA) is 349 Å². The number of aromatic amines is 2. The molecule has 2 aromatic rings. The van der Waals surface area contributed by atoms with Crippen LogP contribution >= 0.6 is 23.0 Å². The van der Waals surface area contributed by atoms with E-state index in [2.05, 4.69) is 13.4 Å². The lowest BCUT2D eigenvalue weighted by molar-refractivity contribution is -0.0552. The average molecular weight is 744 g/mol. The van der Waals surface area contributed by atoms with Crippen molar-refractivity contribution in [1.29, 1.82) is 0 Å². The Hall–Kier alpha value is -2.57. The fourth-order valence-electron chi connectivity index (χ4n) is 4.24. The van der Waals surface area contributed by atoms with Gasteiger partial charge in [0, 0.05) is 24.5 Å². The van der Waals surface area contributed by atoms with Crippen molar-refractivity contribution >= 4 is 23.0 Å². The first kappa shape index (κ1) is 37.3. The van der Waals surface area contributed by atoms with Crippen molar-refractivity contribution in [1.82, 2.24) is 19.1 Å². The van der Waals surface area contributed by atoms with Crippen LogP contribution in [0.3, 0.4) is 0 Å². The molecule has 2 aromatic heterocycles. The Bertz CT molecular complexity index is 1860. The first-order valence-corrected chi connectivity index (χ1v) is 17.3. The summed E-state index contributed by atoms with van der Waals surface area (Å²) < 4.78 is 90.0. The monoisotopic (exact) mass is 744 g/mol. The van der Waals surface area contributed by atoms with Gasteiger partial charge in [-0.25, -0.2) is 18.5 Å². The summed E-state index contributed by atoms with van der Waals surface area (Å²) in [6.45, 7) is -2.85. The Balaban J connectivity index is 1.39. The molecule has 9 N–H and O–H groups in total. The second kappa shape index (κ2) is 13.4. The van der Waals surface area contributed by atoms with Crippen molar-refractivity contribution in [2.24, 2.45) is 0 Å². The fraction of sp³-hybridized carbons (Fsp3) is 0.579. The molecule has 0 aliphatic carbocycles. The molecule has 23 nitrogen and oxygen atoms in total. The molecule has 47 heavy (non-hydrogen) atoms. The van der Waals surface area contributed by atoms with E-state index >= 15 is 0 Å². The van der Waals surface area contributed by atoms with Gasteiger partial charge >= 0.3 is 39.8 Å². The molecule has 4 rings (SSSR count). The third kappa shape index (κ3) is 7.54. The molecule has 2 aliphatic heterocycles. The van der Waals surface area contributed by atoms with Crippen LogP contribution in [0.15, 0.2) is 43.7 Å². The Kier molecular flexibility index (Phi) is 10.6. The van der Waals surface area contributed by atoms with Crippen LogP contribution in [0.25, 0.3) is 0 Å². The number of rotatable bonds is 12. The van der Waals surface area contributed by atoms with E-state index < -0.39 is 113 Å². The molecule has 2 aliphatic rings. The van der Waals surface area contributed by atoms with Crippen LogP contribution in [0.2, 0.25) is 0 Å². The largest absolute Gasteiger partial charge is 0.479 e. The fourth-order valence-corrected chi connectivity index (χ4v) is 8.56. The molecule has 28 heteroatoms. The summed E-state index contributed by atoms with van der Waals surface area (Å²) in [5.74, 6) is 0. The van der Waals surface area contributed by atoms with Crippen LogP contribution in [-0.4, -0.2) is 109 Å². The van der Waals surface area contributed by atoms with E-state index in [0.717, 1.165) is 24.5 Å². The first-order valence-electron chi connectivity index (χ1n) is 12.6. The quantitative estimate of drug-likeness (QED) is 0.0948. The van der Waals surface area contributed by atoms with Gasteiger partial charge in [-0.05, 0) is 0 Å². The minimum Gasteiger partial charge on any atom is -0.387 e. The van der Waals surface area contributed by atoms with Gasteiger partial charge < -0.3 is 49.1 Å². The number of nitrogens with one attached hydrogen (secondary N) is 2. The predicted octanol–water partition coefficient (Wildman–Crippen LogP) is -3.60. The average Bonchev–Trinajstić information content (AvgIpc) is 3.39. The zero-order chi connectivity index (χ0) is 35.3. The number of phosphoric ester groups is 1. The van der Waals surface area contributed by atoms with Crippen molar-refractivity contribution in [3.8, 4) is 0 Å². The van der Waals surface area contributed by atoms with Gasteiger partial charge in [0.25, 0.3) is 11.1 Å². The number of H-pyrrole nitrogens is 2. The number of hydrogen-bond donors (Lipinski definition) is 9. The predicted molar refractivity (Wildman–Crippen MR) is 142 cm³/mol. The third-order valence-corrected chi connectivity index (χ3v) is 12.2. The van der Waals surface area contributed by atoms with Gasteiger partial charge in [-0.3, -0.25) is 42.3 Å². The first-order chi connectivity index (χ1) is 21.6. The number of hydrogen-bond acceptors (Lipinski definition) is 16. The standard InChI is InChI=1S/C19H25F2N4O19P3/c20-19(21,45(34,35)40-5-7-11(28)13(30)15(42-7)24-3-1-9(26)22-17(24)32)46(36,37)44-47(38,39)41-6-8-12(29)14(31)16(43-8)25-4-2-10(27)23-18(25)33/h1-4,7-8,11-16,28-31H,5-6H2,(H,34,35)(H,36,37)(H,38,39)(H,22,26,32)(H,23,27,33)/t7-,8-,11-,12-,13-,14-,15+,16-/m1/s1. The van der Waals surface area contributed by atoms with Crippen LogP contribution in [0.4, 0.5) is 8.78 Å². The molecule has 11 atom stereocenters. The summed E-state index contributed by atoms with van der Waals surface area (Å²) in [7, 11) is -19.9. The van der Waals surface area contributed by atoms with Gasteiger partial charge in [0.1, 0.15) is 36.6 Å². The van der Waals surface area contributed by atoms with Crippen molar-refractivity contribution in [2.45, 2.75) is 54.5 Å². The van der Waals surface area contributed by atoms with E-state index in [1.54, 1.807) is 4.98 Å². The number of aromatic nitrogens is 4. The number of aliphatic hydroxyl groups is 4. The molecule has 0 radical (unpaired) electrons. The normalized spacial score (nSPS) is 32.0. The van der Waals surface area contributed by atoms with E-state index in [1.807, 2.05) is 4.98 Å². The third-order valence-electron chi connectivity index (χ3n) is 6.63. The number of alkyl halides is 2. The van der Waals surface area contributed by atoms with Gasteiger partial charge in [-0.15, -0.1) is 0 Å². The molecule has 0 aromatic carbocycles. The van der Waals surface area contributed by atoms with Gasteiger partial charge in [-0.2, -0.15) is 8.78 Å². The maximum Gasteiger partial charge on any atom is 0.479 e. The molecule has 2 saturated heterocycles. The maximum atomic E-state index is 14.8. The van der Waals surface area contributed by atoms with Crippen molar-refractivity contribution < 1.29 is 80.4 Å². The Morgan fingerprint density at radius 1 is 0.723 bits per heavy atom. The van der Waals surface area contributed by atoms with Crippen molar-refractivity contribution in [3.63, 3.8) is 0 Å². The zero-order valence-electron chi connectivity index (χ0n) is 22.9. The minimum absolute atomic E-state index is 0.567. The van der Waals surface area contributed by atoms with Gasteiger partial charge in [-0.1, -0.05) is 0 Å². The molecule has 0 amide bonds. The van der Waals surface area contributed by atoms with E-state index in [4.69, 9.17) is 9.47 Å². The molecule has 4 heterocycles. The van der Waals surface area contributed by atoms with E-state index in [9.17, 15) is 76.8 Å². The lowest BCUT2D eigenvalue weighted by Gasteiger charge is -2.27. The summed E-state index contributed by atoms with van der Waals surface area (Å²) in [6.07, 6.45) is -13.6. The Morgan fingerprint density at radius 3 is 1.53 bits per heavy atom. The van der Waals surface area contributed by atoms with Gasteiger partial charge in [0.2, 0.25) is 0 Å². The van der Waals surface area contributed by atoms with Crippen LogP contribution < -0.4 is 22.5 Å². The van der Waals surface area contributed by atoms with E-state index in [-0.39, 0.29) is 0 Å². The highest BCUT2D eigenvalue weighted by molar-refractivity contribution is 7.75. The smallest absolute Gasteiger partial charge is 0.387 e. The molecule has 0 saturated carbocycles. The van der Waals surface area contributed by atoms with Gasteiger partial charge in [0.05, 0.1) is 13.2 Å². The summed E-state index contributed by atoms with van der Waals surface area (Å²) in [5, 5.41) is 34.8. The SMILES string of the molecule is O=c1ccn([C@@H]2O[C@H](COP(=O)(O)OP(=O)(O)C(F)(F)P(=O)(O)OC[C@H]3O[C@H](n4ccc(=O)[nH]c4=O)[C@H](O)[C@@H]3O)[C@@H](O)[C@H]2O)c(=O)[nH]1. The highest BCUT2D eigenvalue weighted by Crippen LogP contribution is 2.79. The molecule has 264 valence electrons. The van der Waals surface area contributed by atoms with Crippen molar-refractivity contribution in [2.75, 3.05) is 13.2 Å². The second-order valence-electron chi connectivity index (χ2n) is 9.82. The molecular weight excluding hydrogens is 719 g/mol. The second-order valence-corrected chi connectivity index (χ2v) is 15.5. The summed E-state index contributed by atoms with van der Waals surface area (Å²) in [4.78, 5) is 79.4. The lowest BCUT2D eigenvalue weighted by Crippen LogP contribution is -2.37. The number of nitrogens with zero attached hydrogens (tertiary/aromatic N) is 2. The van der Waals surface area contributed by atoms with Crippen LogP contribution in [0, 0.1) is 0 Å². The van der Waals surface area contributed by atoms with Crippen LogP contribution in [-0.2, 0) is 36.5 Å². The highest BCUT2D eigenvalue weighted by atomic mass is 31.3. The van der Waals surface area contributed by atoms with Crippen molar-refractivity contribution in [3.05, 3.63) is 66.2 Å². The van der Waals surface area contributed by atoms with Crippen LogP contribution in [0.1, 0.15) is 12.5 Å². The lowest BCUT2D eigenvalue weighted by atomic mass is 10.1. The van der Waals surface area contributed by atoms with E-state index in [1.165, 1.54) is 0 Å². The number of aliphatic hydroxyl groups excluding tert-OH is 4. The number of ether oxygens (including phenoxy) is 2. The number of halogens is 2. The Morgan fingerprint density at radius 2 is 1.13 bits per heavy atom. The van der Waals surface area contributed by atoms with Crippen LogP contribution in [0.5, 0.6) is 0 Å².